The summed E-state index contributed by atoms with van der Waals surface area (Å²) in [4.78, 5) is 0. The molecule has 72 valence electrons. The van der Waals surface area contributed by atoms with Crippen LogP contribution in [-0.2, 0) is 4.74 Å². The number of aliphatic hydroxyl groups is 2. The third-order valence-corrected chi connectivity index (χ3v) is 1.54. The number of rotatable bonds is 6. The van der Waals surface area contributed by atoms with Crippen molar-refractivity contribution in [3.63, 3.8) is 0 Å². The second-order valence-corrected chi connectivity index (χ2v) is 2.89. The van der Waals surface area contributed by atoms with Gasteiger partial charge in [-0.3, -0.25) is 0 Å². The standard InChI is InChI=1S/C9H18O3/c1-3-12-8-6-9(2,11)5-4-7-10/h4-5,10-11H,3,6-8H2,1-2H3/b5-4+. The fourth-order valence-corrected chi connectivity index (χ4v) is 0.813. The van der Waals surface area contributed by atoms with Crippen LogP contribution in [0, 0.1) is 0 Å². The quantitative estimate of drug-likeness (QED) is 0.460. The molecule has 0 radical (unpaired) electrons. The van der Waals surface area contributed by atoms with Crippen LogP contribution in [0.4, 0.5) is 0 Å². The van der Waals surface area contributed by atoms with E-state index in [0.29, 0.717) is 19.6 Å². The molecule has 0 amide bonds. The molecule has 0 aliphatic carbocycles. The van der Waals surface area contributed by atoms with Crippen molar-refractivity contribution in [3.8, 4) is 0 Å². The summed E-state index contributed by atoms with van der Waals surface area (Å²) in [5.41, 5.74) is -0.863. The molecule has 12 heavy (non-hydrogen) atoms. The zero-order valence-corrected chi connectivity index (χ0v) is 7.79. The van der Waals surface area contributed by atoms with Crippen LogP contribution in [-0.4, -0.2) is 35.6 Å². The SMILES string of the molecule is CCOCCC(C)(O)/C=C/CO. The van der Waals surface area contributed by atoms with Gasteiger partial charge in [-0.15, -0.1) is 0 Å². The molecule has 0 fully saturated rings. The maximum atomic E-state index is 9.59. The van der Waals surface area contributed by atoms with Gasteiger partial charge in [-0.1, -0.05) is 12.2 Å². The monoisotopic (exact) mass is 174 g/mol. The topological polar surface area (TPSA) is 49.7 Å². The Labute approximate surface area is 73.7 Å². The van der Waals surface area contributed by atoms with E-state index in [4.69, 9.17) is 9.84 Å². The van der Waals surface area contributed by atoms with E-state index in [1.807, 2.05) is 6.92 Å². The lowest BCUT2D eigenvalue weighted by molar-refractivity contribution is 0.0519. The zero-order chi connectivity index (χ0) is 9.45. The van der Waals surface area contributed by atoms with Gasteiger partial charge in [0.1, 0.15) is 0 Å². The minimum absolute atomic E-state index is 0.0369. The summed E-state index contributed by atoms with van der Waals surface area (Å²) < 4.78 is 5.09. The Kier molecular flexibility index (Phi) is 5.98. The van der Waals surface area contributed by atoms with Crippen LogP contribution in [0.2, 0.25) is 0 Å². The average Bonchev–Trinajstić information content (AvgIpc) is 2.01. The van der Waals surface area contributed by atoms with E-state index in [1.165, 1.54) is 6.08 Å². The molecule has 0 saturated heterocycles. The van der Waals surface area contributed by atoms with Crippen LogP contribution in [0.1, 0.15) is 20.3 Å². The van der Waals surface area contributed by atoms with Crippen molar-refractivity contribution in [2.24, 2.45) is 0 Å². The lowest BCUT2D eigenvalue weighted by Crippen LogP contribution is -2.23. The highest BCUT2D eigenvalue weighted by molar-refractivity contribution is 4.97. The average molecular weight is 174 g/mol. The van der Waals surface area contributed by atoms with Gasteiger partial charge in [0.25, 0.3) is 0 Å². The van der Waals surface area contributed by atoms with E-state index in [1.54, 1.807) is 13.0 Å². The van der Waals surface area contributed by atoms with Gasteiger partial charge in [0.2, 0.25) is 0 Å². The van der Waals surface area contributed by atoms with Gasteiger partial charge in [-0.25, -0.2) is 0 Å². The van der Waals surface area contributed by atoms with Crippen LogP contribution in [0.25, 0.3) is 0 Å². The second kappa shape index (κ2) is 6.17. The van der Waals surface area contributed by atoms with E-state index in [-0.39, 0.29) is 6.61 Å². The molecule has 0 aliphatic rings. The largest absolute Gasteiger partial charge is 0.392 e. The fourth-order valence-electron chi connectivity index (χ4n) is 0.813. The van der Waals surface area contributed by atoms with Gasteiger partial charge in [-0.05, 0) is 13.8 Å². The Balaban J connectivity index is 3.63. The van der Waals surface area contributed by atoms with E-state index in [9.17, 15) is 5.11 Å². The fraction of sp³-hybridized carbons (Fsp3) is 0.778. The van der Waals surface area contributed by atoms with E-state index in [0.717, 1.165) is 0 Å². The summed E-state index contributed by atoms with van der Waals surface area (Å²) in [6, 6.07) is 0. The molecule has 0 aliphatic heterocycles. The molecule has 1 unspecified atom stereocenters. The van der Waals surface area contributed by atoms with E-state index in [2.05, 4.69) is 0 Å². The Morgan fingerprint density at radius 2 is 2.17 bits per heavy atom. The first-order valence-corrected chi connectivity index (χ1v) is 4.21. The van der Waals surface area contributed by atoms with Gasteiger partial charge < -0.3 is 14.9 Å². The maximum Gasteiger partial charge on any atom is 0.0822 e. The van der Waals surface area contributed by atoms with E-state index >= 15 is 0 Å². The normalized spacial score (nSPS) is 16.7. The summed E-state index contributed by atoms with van der Waals surface area (Å²) in [6.07, 6.45) is 3.68. The second-order valence-electron chi connectivity index (χ2n) is 2.89. The van der Waals surface area contributed by atoms with Gasteiger partial charge in [0.05, 0.1) is 12.2 Å². The minimum atomic E-state index is -0.863. The molecule has 2 N–H and O–H groups in total. The van der Waals surface area contributed by atoms with Crippen LogP contribution in [0.3, 0.4) is 0 Å². The minimum Gasteiger partial charge on any atom is -0.392 e. The van der Waals surface area contributed by atoms with Gasteiger partial charge in [-0.2, -0.15) is 0 Å². The molecule has 0 bridgehead atoms. The first-order chi connectivity index (χ1) is 5.62. The van der Waals surface area contributed by atoms with Crippen molar-refractivity contribution in [2.45, 2.75) is 25.9 Å². The van der Waals surface area contributed by atoms with Gasteiger partial charge in [0, 0.05) is 19.6 Å². The molecule has 0 aromatic rings. The molecule has 0 spiro atoms. The van der Waals surface area contributed by atoms with Crippen LogP contribution < -0.4 is 0 Å². The molecule has 3 heteroatoms. The Hall–Kier alpha value is -0.380. The number of ether oxygens (including phenoxy) is 1. The highest BCUT2D eigenvalue weighted by atomic mass is 16.5. The van der Waals surface area contributed by atoms with Crippen LogP contribution in [0.15, 0.2) is 12.2 Å². The molecule has 0 heterocycles. The third kappa shape index (κ3) is 6.34. The van der Waals surface area contributed by atoms with Crippen molar-refractivity contribution in [3.05, 3.63) is 12.2 Å². The molecule has 3 nitrogen and oxygen atoms in total. The predicted octanol–water partition coefficient (Wildman–Crippen LogP) is 0.713. The molecule has 0 aromatic heterocycles. The molecule has 0 rings (SSSR count). The van der Waals surface area contributed by atoms with Gasteiger partial charge >= 0.3 is 0 Å². The first kappa shape index (κ1) is 11.6. The maximum absolute atomic E-state index is 9.59. The van der Waals surface area contributed by atoms with Crippen molar-refractivity contribution in [1.29, 1.82) is 0 Å². The molecular weight excluding hydrogens is 156 g/mol. The molecule has 0 aromatic carbocycles. The summed E-state index contributed by atoms with van der Waals surface area (Å²) in [7, 11) is 0. The Morgan fingerprint density at radius 3 is 2.67 bits per heavy atom. The first-order valence-electron chi connectivity index (χ1n) is 4.21. The number of aliphatic hydroxyl groups excluding tert-OH is 1. The predicted molar refractivity (Wildman–Crippen MR) is 48.0 cm³/mol. The molecule has 1 atom stereocenters. The zero-order valence-electron chi connectivity index (χ0n) is 7.79. The lowest BCUT2D eigenvalue weighted by atomic mass is 10.0. The Morgan fingerprint density at radius 1 is 1.50 bits per heavy atom. The summed E-state index contributed by atoms with van der Waals surface area (Å²) in [5, 5.41) is 18.1. The highest BCUT2D eigenvalue weighted by Gasteiger charge is 2.14. The summed E-state index contributed by atoms with van der Waals surface area (Å²) in [6.45, 7) is 4.78. The summed E-state index contributed by atoms with van der Waals surface area (Å²) >= 11 is 0. The van der Waals surface area contributed by atoms with E-state index < -0.39 is 5.60 Å². The van der Waals surface area contributed by atoms with Crippen molar-refractivity contribution >= 4 is 0 Å². The smallest absolute Gasteiger partial charge is 0.0822 e. The van der Waals surface area contributed by atoms with Crippen molar-refractivity contribution in [2.75, 3.05) is 19.8 Å². The lowest BCUT2D eigenvalue weighted by Gasteiger charge is -2.18. The van der Waals surface area contributed by atoms with Crippen molar-refractivity contribution in [1.82, 2.24) is 0 Å². The number of hydrogen-bond acceptors (Lipinski definition) is 3. The molecule has 0 saturated carbocycles. The summed E-state index contributed by atoms with van der Waals surface area (Å²) in [5.74, 6) is 0. The Bertz CT molecular complexity index is 130. The number of hydrogen-bond donors (Lipinski definition) is 2. The van der Waals surface area contributed by atoms with Gasteiger partial charge in [0.15, 0.2) is 0 Å². The molecular formula is C9H18O3. The van der Waals surface area contributed by atoms with Crippen LogP contribution >= 0.6 is 0 Å². The van der Waals surface area contributed by atoms with Crippen LogP contribution in [0.5, 0.6) is 0 Å². The highest BCUT2D eigenvalue weighted by Crippen LogP contribution is 2.10. The van der Waals surface area contributed by atoms with Crippen molar-refractivity contribution < 1.29 is 14.9 Å². The third-order valence-electron chi connectivity index (χ3n) is 1.54.